The van der Waals surface area contributed by atoms with Crippen LogP contribution in [-0.4, -0.2) is 24.8 Å². The molecule has 0 aliphatic carbocycles. The second kappa shape index (κ2) is 3.59. The first-order valence-electron chi connectivity index (χ1n) is 3.65. The molecule has 0 N–H and O–H groups in total. The Morgan fingerprint density at radius 3 is 2.20 bits per heavy atom. The van der Waals surface area contributed by atoms with Crippen molar-refractivity contribution in [2.24, 2.45) is 10.5 Å². The molecule has 0 amide bonds. The normalized spacial score (nSPS) is 12.5. The molecule has 0 saturated heterocycles. The van der Waals surface area contributed by atoms with Crippen LogP contribution < -0.4 is 0 Å². The molecule has 0 aliphatic rings. The predicted molar refractivity (Wildman–Crippen MR) is 46.3 cm³/mol. The van der Waals surface area contributed by atoms with Gasteiger partial charge < -0.3 is 0 Å². The highest BCUT2D eigenvalue weighted by Crippen LogP contribution is 2.13. The van der Waals surface area contributed by atoms with E-state index in [2.05, 4.69) is 25.9 Å². The summed E-state index contributed by atoms with van der Waals surface area (Å²) in [6.07, 6.45) is 1.81. The van der Waals surface area contributed by atoms with E-state index < -0.39 is 0 Å². The van der Waals surface area contributed by atoms with Crippen molar-refractivity contribution in [2.75, 3.05) is 13.6 Å². The smallest absolute Gasteiger partial charge is 0.0405 e. The molecule has 0 aromatic rings. The summed E-state index contributed by atoms with van der Waals surface area (Å²) in [4.78, 5) is 0. The van der Waals surface area contributed by atoms with Gasteiger partial charge in [-0.05, 0) is 12.3 Å². The van der Waals surface area contributed by atoms with E-state index in [-0.39, 0.29) is 0 Å². The first-order valence-corrected chi connectivity index (χ1v) is 3.65. The third-order valence-corrected chi connectivity index (χ3v) is 1.02. The average molecular weight is 142 g/mol. The minimum atomic E-state index is 0.335. The van der Waals surface area contributed by atoms with Crippen molar-refractivity contribution in [3.63, 3.8) is 0 Å². The van der Waals surface area contributed by atoms with Gasteiger partial charge in [-0.3, -0.25) is 5.01 Å². The highest BCUT2D eigenvalue weighted by Gasteiger charge is 2.11. The Balaban J connectivity index is 3.68. The van der Waals surface area contributed by atoms with Crippen molar-refractivity contribution in [1.82, 2.24) is 5.01 Å². The van der Waals surface area contributed by atoms with Crippen LogP contribution in [0, 0.1) is 5.41 Å². The molecule has 0 heterocycles. The SMILES string of the molecule is C/C=N\N(C)CC(C)(C)C. The summed E-state index contributed by atoms with van der Waals surface area (Å²) in [5.41, 5.74) is 0.335. The lowest BCUT2D eigenvalue weighted by Crippen LogP contribution is -2.25. The van der Waals surface area contributed by atoms with Crippen LogP contribution in [0.4, 0.5) is 0 Å². The average Bonchev–Trinajstić information content (AvgIpc) is 1.59. The zero-order chi connectivity index (χ0) is 8.20. The molecule has 0 spiro atoms. The molecule has 60 valence electrons. The maximum atomic E-state index is 4.12. The second-order valence-corrected chi connectivity index (χ2v) is 3.75. The minimum absolute atomic E-state index is 0.335. The van der Waals surface area contributed by atoms with E-state index >= 15 is 0 Å². The Morgan fingerprint density at radius 2 is 1.90 bits per heavy atom. The first kappa shape index (κ1) is 9.47. The van der Waals surface area contributed by atoms with Crippen LogP contribution in [0.2, 0.25) is 0 Å². The maximum Gasteiger partial charge on any atom is 0.0405 e. The molecule has 0 rings (SSSR count). The van der Waals surface area contributed by atoms with E-state index in [1.165, 1.54) is 0 Å². The van der Waals surface area contributed by atoms with Gasteiger partial charge in [0.15, 0.2) is 0 Å². The van der Waals surface area contributed by atoms with Crippen LogP contribution in [0.5, 0.6) is 0 Å². The van der Waals surface area contributed by atoms with Gasteiger partial charge in [0.05, 0.1) is 0 Å². The third-order valence-electron chi connectivity index (χ3n) is 1.02. The highest BCUT2D eigenvalue weighted by molar-refractivity contribution is 5.52. The molecule has 0 bridgehead atoms. The summed E-state index contributed by atoms with van der Waals surface area (Å²) in [7, 11) is 1.99. The van der Waals surface area contributed by atoms with Gasteiger partial charge in [0, 0.05) is 19.8 Å². The van der Waals surface area contributed by atoms with Crippen molar-refractivity contribution < 1.29 is 0 Å². The number of nitrogens with zero attached hydrogens (tertiary/aromatic N) is 2. The molecule has 2 nitrogen and oxygen atoms in total. The fourth-order valence-corrected chi connectivity index (χ4v) is 0.924. The Hall–Kier alpha value is -0.530. The lowest BCUT2D eigenvalue weighted by molar-refractivity contribution is 0.236. The van der Waals surface area contributed by atoms with Gasteiger partial charge in [0.2, 0.25) is 0 Å². The summed E-state index contributed by atoms with van der Waals surface area (Å²) < 4.78 is 0. The summed E-state index contributed by atoms with van der Waals surface area (Å²) in [6, 6.07) is 0. The Kier molecular flexibility index (Phi) is 3.40. The van der Waals surface area contributed by atoms with Gasteiger partial charge in [-0.2, -0.15) is 5.10 Å². The molecule has 0 radical (unpaired) electrons. The van der Waals surface area contributed by atoms with Gasteiger partial charge in [-0.15, -0.1) is 0 Å². The Bertz CT molecular complexity index is 111. The largest absolute Gasteiger partial charge is 0.300 e. The molecule has 0 saturated carbocycles. The van der Waals surface area contributed by atoms with Crippen LogP contribution in [0.15, 0.2) is 5.10 Å². The van der Waals surface area contributed by atoms with Gasteiger partial charge in [-0.1, -0.05) is 20.8 Å². The van der Waals surface area contributed by atoms with Crippen molar-refractivity contribution in [3.05, 3.63) is 0 Å². The van der Waals surface area contributed by atoms with Crippen LogP contribution in [0.25, 0.3) is 0 Å². The molecule has 0 atom stereocenters. The fraction of sp³-hybridized carbons (Fsp3) is 0.875. The van der Waals surface area contributed by atoms with Crippen LogP contribution in [-0.2, 0) is 0 Å². The number of hydrogen-bond acceptors (Lipinski definition) is 2. The van der Waals surface area contributed by atoms with Gasteiger partial charge in [0.1, 0.15) is 0 Å². The van der Waals surface area contributed by atoms with Crippen LogP contribution in [0.3, 0.4) is 0 Å². The third kappa shape index (κ3) is 5.60. The minimum Gasteiger partial charge on any atom is -0.300 e. The van der Waals surface area contributed by atoms with E-state index in [1.807, 2.05) is 25.2 Å². The lowest BCUT2D eigenvalue weighted by Gasteiger charge is -2.23. The Morgan fingerprint density at radius 1 is 1.40 bits per heavy atom. The van der Waals surface area contributed by atoms with Crippen LogP contribution in [0.1, 0.15) is 27.7 Å². The number of hydrazone groups is 1. The van der Waals surface area contributed by atoms with Gasteiger partial charge in [0.25, 0.3) is 0 Å². The number of hydrogen-bond donors (Lipinski definition) is 0. The molecule has 0 aliphatic heterocycles. The maximum absolute atomic E-state index is 4.12. The van der Waals surface area contributed by atoms with E-state index in [9.17, 15) is 0 Å². The molecule has 2 heteroatoms. The van der Waals surface area contributed by atoms with Gasteiger partial charge in [-0.25, -0.2) is 0 Å². The monoisotopic (exact) mass is 142 g/mol. The summed E-state index contributed by atoms with van der Waals surface area (Å²) in [5, 5.41) is 6.08. The predicted octanol–water partition coefficient (Wildman–Crippen LogP) is 1.97. The van der Waals surface area contributed by atoms with Gasteiger partial charge >= 0.3 is 0 Å². The second-order valence-electron chi connectivity index (χ2n) is 3.75. The summed E-state index contributed by atoms with van der Waals surface area (Å²) >= 11 is 0. The molecular formula is C8H18N2. The summed E-state index contributed by atoms with van der Waals surface area (Å²) in [6.45, 7) is 9.54. The van der Waals surface area contributed by atoms with E-state index in [4.69, 9.17) is 0 Å². The molecule has 0 fully saturated rings. The molecule has 0 aromatic carbocycles. The first-order chi connectivity index (χ1) is 4.45. The van der Waals surface area contributed by atoms with E-state index in [0.29, 0.717) is 5.41 Å². The van der Waals surface area contributed by atoms with Crippen molar-refractivity contribution in [2.45, 2.75) is 27.7 Å². The zero-order valence-electron chi connectivity index (χ0n) is 7.68. The number of rotatable bonds is 2. The van der Waals surface area contributed by atoms with E-state index in [0.717, 1.165) is 6.54 Å². The standard InChI is InChI=1S/C8H18N2/c1-6-9-10(5)7-8(2,3)4/h6H,7H2,1-5H3/b9-6-. The topological polar surface area (TPSA) is 15.6 Å². The molecule has 0 aromatic heterocycles. The zero-order valence-corrected chi connectivity index (χ0v) is 7.68. The van der Waals surface area contributed by atoms with Crippen LogP contribution >= 0.6 is 0 Å². The fourth-order valence-electron chi connectivity index (χ4n) is 0.924. The van der Waals surface area contributed by atoms with Crippen molar-refractivity contribution >= 4 is 6.21 Å². The highest BCUT2D eigenvalue weighted by atomic mass is 15.4. The molecule has 0 unspecified atom stereocenters. The summed E-state index contributed by atoms with van der Waals surface area (Å²) in [5.74, 6) is 0. The van der Waals surface area contributed by atoms with E-state index in [1.54, 1.807) is 0 Å². The quantitative estimate of drug-likeness (QED) is 0.425. The lowest BCUT2D eigenvalue weighted by atomic mass is 9.97. The van der Waals surface area contributed by atoms with Crippen molar-refractivity contribution in [1.29, 1.82) is 0 Å². The van der Waals surface area contributed by atoms with Crippen molar-refractivity contribution in [3.8, 4) is 0 Å². The Labute approximate surface area is 63.9 Å². The molecule has 10 heavy (non-hydrogen) atoms. The molecular weight excluding hydrogens is 124 g/mol.